The van der Waals surface area contributed by atoms with Crippen molar-refractivity contribution >= 4 is 0 Å². The number of ether oxygens (including phenoxy) is 1. The van der Waals surface area contributed by atoms with Crippen LogP contribution >= 0.6 is 0 Å². The predicted molar refractivity (Wildman–Crippen MR) is 57.3 cm³/mol. The predicted octanol–water partition coefficient (Wildman–Crippen LogP) is 2.04. The lowest BCUT2D eigenvalue weighted by Gasteiger charge is -2.30. The molecule has 0 saturated carbocycles. The summed E-state index contributed by atoms with van der Waals surface area (Å²) >= 11 is 0. The highest BCUT2D eigenvalue weighted by atomic mass is 16.5. The zero-order valence-electron chi connectivity index (χ0n) is 8.79. The molecule has 1 aliphatic rings. The van der Waals surface area contributed by atoms with Gasteiger partial charge in [-0.1, -0.05) is 24.3 Å². The van der Waals surface area contributed by atoms with E-state index in [4.69, 9.17) is 4.74 Å². The topological polar surface area (TPSA) is 21.3 Å². The molecule has 1 heterocycles. The smallest absolute Gasteiger partial charge is 0.0643 e. The summed E-state index contributed by atoms with van der Waals surface area (Å²) in [5.74, 6) is 0. The van der Waals surface area contributed by atoms with Crippen molar-refractivity contribution < 1.29 is 4.74 Å². The molecule has 1 aromatic rings. The second kappa shape index (κ2) is 4.11. The molecule has 1 atom stereocenters. The third kappa shape index (κ3) is 1.97. The molecule has 1 fully saturated rings. The molecule has 1 aliphatic heterocycles. The maximum Gasteiger partial charge on any atom is 0.0643 e. The Kier molecular flexibility index (Phi) is 2.85. The van der Waals surface area contributed by atoms with E-state index in [2.05, 4.69) is 43.4 Å². The van der Waals surface area contributed by atoms with Crippen LogP contribution in [0.2, 0.25) is 0 Å². The Balaban J connectivity index is 2.02. The summed E-state index contributed by atoms with van der Waals surface area (Å²) in [4.78, 5) is 0. The Bertz CT molecular complexity index is 307. The SMILES string of the molecule is Cc1ccccc1[C@H](C)NC1COC1. The molecular formula is C12H17NO. The summed E-state index contributed by atoms with van der Waals surface area (Å²) in [6, 6.07) is 9.49. The van der Waals surface area contributed by atoms with Crippen LogP contribution in [0.25, 0.3) is 0 Å². The van der Waals surface area contributed by atoms with Gasteiger partial charge in [-0.15, -0.1) is 0 Å². The van der Waals surface area contributed by atoms with Gasteiger partial charge in [0.1, 0.15) is 0 Å². The standard InChI is InChI=1S/C12H17NO/c1-9-5-3-4-6-12(9)10(2)13-11-7-14-8-11/h3-6,10-11,13H,7-8H2,1-2H3/t10-/m0/s1. The minimum absolute atomic E-state index is 0.421. The van der Waals surface area contributed by atoms with Crippen LogP contribution in [-0.4, -0.2) is 19.3 Å². The van der Waals surface area contributed by atoms with Gasteiger partial charge in [0.25, 0.3) is 0 Å². The van der Waals surface area contributed by atoms with Gasteiger partial charge in [-0.25, -0.2) is 0 Å². The average molecular weight is 191 g/mol. The second-order valence-electron chi connectivity index (χ2n) is 3.98. The van der Waals surface area contributed by atoms with Crippen LogP contribution in [0.3, 0.4) is 0 Å². The molecule has 0 aromatic heterocycles. The van der Waals surface area contributed by atoms with Gasteiger partial charge >= 0.3 is 0 Å². The maximum absolute atomic E-state index is 5.14. The summed E-state index contributed by atoms with van der Waals surface area (Å²) < 4.78 is 5.14. The average Bonchev–Trinajstić information content (AvgIpc) is 2.12. The first-order valence-corrected chi connectivity index (χ1v) is 5.16. The normalized spacial score (nSPS) is 19.0. The van der Waals surface area contributed by atoms with Crippen LogP contribution in [0.5, 0.6) is 0 Å². The highest BCUT2D eigenvalue weighted by molar-refractivity contribution is 5.28. The van der Waals surface area contributed by atoms with Gasteiger partial charge in [0.2, 0.25) is 0 Å². The second-order valence-corrected chi connectivity index (χ2v) is 3.98. The molecular weight excluding hydrogens is 174 g/mol. The van der Waals surface area contributed by atoms with Crippen molar-refractivity contribution in [1.82, 2.24) is 5.32 Å². The van der Waals surface area contributed by atoms with Gasteiger partial charge in [0.15, 0.2) is 0 Å². The fraction of sp³-hybridized carbons (Fsp3) is 0.500. The monoisotopic (exact) mass is 191 g/mol. The Morgan fingerprint density at radius 3 is 2.64 bits per heavy atom. The number of rotatable bonds is 3. The van der Waals surface area contributed by atoms with Crippen LogP contribution in [0.4, 0.5) is 0 Å². The third-order valence-corrected chi connectivity index (χ3v) is 2.78. The van der Waals surface area contributed by atoms with Gasteiger partial charge in [0, 0.05) is 6.04 Å². The zero-order chi connectivity index (χ0) is 9.97. The molecule has 0 spiro atoms. The van der Waals surface area contributed by atoms with E-state index >= 15 is 0 Å². The molecule has 14 heavy (non-hydrogen) atoms. The minimum atomic E-state index is 0.421. The lowest BCUT2D eigenvalue weighted by atomic mass is 10.0. The molecule has 1 aromatic carbocycles. The van der Waals surface area contributed by atoms with Crippen LogP contribution in [-0.2, 0) is 4.74 Å². The molecule has 76 valence electrons. The third-order valence-electron chi connectivity index (χ3n) is 2.78. The van der Waals surface area contributed by atoms with Gasteiger partial charge in [-0.3, -0.25) is 0 Å². The first-order chi connectivity index (χ1) is 6.77. The van der Waals surface area contributed by atoms with E-state index in [1.54, 1.807) is 0 Å². The first kappa shape index (κ1) is 9.69. The number of hydrogen-bond donors (Lipinski definition) is 1. The van der Waals surface area contributed by atoms with E-state index in [-0.39, 0.29) is 0 Å². The van der Waals surface area contributed by atoms with Gasteiger partial charge in [-0.2, -0.15) is 0 Å². The van der Waals surface area contributed by atoms with Gasteiger partial charge in [0.05, 0.1) is 19.3 Å². The van der Waals surface area contributed by atoms with E-state index in [0.717, 1.165) is 13.2 Å². The molecule has 1 N–H and O–H groups in total. The van der Waals surface area contributed by atoms with E-state index < -0.39 is 0 Å². The van der Waals surface area contributed by atoms with Gasteiger partial charge in [-0.05, 0) is 25.0 Å². The van der Waals surface area contributed by atoms with E-state index in [1.807, 2.05) is 0 Å². The quantitative estimate of drug-likeness (QED) is 0.789. The van der Waals surface area contributed by atoms with Crippen LogP contribution in [0.1, 0.15) is 24.1 Å². The molecule has 2 nitrogen and oxygen atoms in total. The Hall–Kier alpha value is -0.860. The highest BCUT2D eigenvalue weighted by Gasteiger charge is 2.20. The van der Waals surface area contributed by atoms with E-state index in [1.165, 1.54) is 11.1 Å². The number of nitrogens with one attached hydrogen (secondary N) is 1. The van der Waals surface area contributed by atoms with Crippen molar-refractivity contribution in [3.8, 4) is 0 Å². The van der Waals surface area contributed by atoms with Crippen molar-refractivity contribution in [2.24, 2.45) is 0 Å². The molecule has 0 amide bonds. The summed E-state index contributed by atoms with van der Waals surface area (Å²) in [7, 11) is 0. The van der Waals surface area contributed by atoms with Crippen molar-refractivity contribution in [3.63, 3.8) is 0 Å². The van der Waals surface area contributed by atoms with Crippen molar-refractivity contribution in [2.75, 3.05) is 13.2 Å². The summed E-state index contributed by atoms with van der Waals surface area (Å²) in [5.41, 5.74) is 2.74. The minimum Gasteiger partial charge on any atom is -0.378 e. The summed E-state index contributed by atoms with van der Waals surface area (Å²) in [6.07, 6.45) is 0. The fourth-order valence-corrected chi connectivity index (χ4v) is 1.85. The highest BCUT2D eigenvalue weighted by Crippen LogP contribution is 2.18. The first-order valence-electron chi connectivity index (χ1n) is 5.16. The number of benzene rings is 1. The van der Waals surface area contributed by atoms with Crippen LogP contribution < -0.4 is 5.32 Å². The Morgan fingerprint density at radius 2 is 2.07 bits per heavy atom. The summed E-state index contributed by atoms with van der Waals surface area (Å²) in [5, 5.41) is 3.55. The van der Waals surface area contributed by atoms with Gasteiger partial charge < -0.3 is 10.1 Å². The van der Waals surface area contributed by atoms with Crippen molar-refractivity contribution in [1.29, 1.82) is 0 Å². The molecule has 2 heteroatoms. The zero-order valence-corrected chi connectivity index (χ0v) is 8.79. The largest absolute Gasteiger partial charge is 0.378 e. The van der Waals surface area contributed by atoms with Crippen LogP contribution in [0, 0.1) is 6.92 Å². The Labute approximate surface area is 85.3 Å². The number of hydrogen-bond acceptors (Lipinski definition) is 2. The van der Waals surface area contributed by atoms with Crippen molar-refractivity contribution in [3.05, 3.63) is 35.4 Å². The fourth-order valence-electron chi connectivity index (χ4n) is 1.85. The lowest BCUT2D eigenvalue weighted by molar-refractivity contribution is -0.00927. The van der Waals surface area contributed by atoms with E-state index in [0.29, 0.717) is 12.1 Å². The van der Waals surface area contributed by atoms with Crippen LogP contribution in [0.15, 0.2) is 24.3 Å². The molecule has 0 aliphatic carbocycles. The number of aryl methyl sites for hydroxylation is 1. The molecule has 0 radical (unpaired) electrons. The Morgan fingerprint density at radius 1 is 1.36 bits per heavy atom. The van der Waals surface area contributed by atoms with E-state index in [9.17, 15) is 0 Å². The lowest BCUT2D eigenvalue weighted by Crippen LogP contribution is -2.46. The maximum atomic E-state index is 5.14. The molecule has 2 rings (SSSR count). The molecule has 1 saturated heterocycles. The molecule has 0 unspecified atom stereocenters. The van der Waals surface area contributed by atoms with Crippen molar-refractivity contribution in [2.45, 2.75) is 25.9 Å². The summed E-state index contributed by atoms with van der Waals surface area (Å²) in [6.45, 7) is 6.08. The molecule has 0 bridgehead atoms.